The molecule has 4 rings (SSSR count). The summed E-state index contributed by atoms with van der Waals surface area (Å²) < 4.78 is 3.55. The second-order valence-electron chi connectivity index (χ2n) is 8.43. The van der Waals surface area contributed by atoms with Crippen LogP contribution in [0, 0.1) is 11.3 Å². The van der Waals surface area contributed by atoms with E-state index >= 15 is 0 Å². The predicted molar refractivity (Wildman–Crippen MR) is 106 cm³/mol. The van der Waals surface area contributed by atoms with E-state index in [-0.39, 0.29) is 16.9 Å². The summed E-state index contributed by atoms with van der Waals surface area (Å²) in [6.07, 6.45) is 4.74. The fraction of sp³-hybridized carbons (Fsp3) is 0.579. The SMILES string of the molecule is CC(=O)NCCn1c(=O)c2c3c(sc2n2cnnc12)CC(C(C)(C)C)CC3. The second kappa shape index (κ2) is 6.44. The molecular formula is C19H25N5O2S. The van der Waals surface area contributed by atoms with Gasteiger partial charge in [0.25, 0.3) is 5.56 Å². The highest BCUT2D eigenvalue weighted by Gasteiger charge is 2.32. The van der Waals surface area contributed by atoms with Crippen LogP contribution in [0.1, 0.15) is 44.6 Å². The molecular weight excluding hydrogens is 362 g/mol. The van der Waals surface area contributed by atoms with Gasteiger partial charge in [0.15, 0.2) is 0 Å². The lowest BCUT2D eigenvalue weighted by Crippen LogP contribution is -2.31. The van der Waals surface area contributed by atoms with Gasteiger partial charge in [0.1, 0.15) is 11.2 Å². The van der Waals surface area contributed by atoms with Crippen LogP contribution in [0.5, 0.6) is 0 Å². The Morgan fingerprint density at radius 3 is 2.89 bits per heavy atom. The van der Waals surface area contributed by atoms with Gasteiger partial charge < -0.3 is 5.32 Å². The lowest BCUT2D eigenvalue weighted by molar-refractivity contribution is -0.118. The predicted octanol–water partition coefficient (Wildman–Crippen LogP) is 2.39. The van der Waals surface area contributed by atoms with Gasteiger partial charge in [-0.15, -0.1) is 21.5 Å². The Hall–Kier alpha value is -2.22. The Labute approximate surface area is 161 Å². The minimum atomic E-state index is -0.109. The van der Waals surface area contributed by atoms with E-state index in [4.69, 9.17) is 0 Å². The number of carbonyl (C=O) groups excluding carboxylic acids is 1. The number of hydrogen-bond acceptors (Lipinski definition) is 5. The van der Waals surface area contributed by atoms with Gasteiger partial charge in [-0.05, 0) is 36.2 Å². The van der Waals surface area contributed by atoms with Crippen molar-refractivity contribution >= 4 is 33.2 Å². The van der Waals surface area contributed by atoms with Crippen LogP contribution in [0.3, 0.4) is 0 Å². The molecule has 1 unspecified atom stereocenters. The summed E-state index contributed by atoms with van der Waals surface area (Å²) in [6, 6.07) is 0. The maximum absolute atomic E-state index is 13.3. The summed E-state index contributed by atoms with van der Waals surface area (Å²) >= 11 is 1.71. The topological polar surface area (TPSA) is 81.3 Å². The third-order valence-electron chi connectivity index (χ3n) is 5.63. The van der Waals surface area contributed by atoms with E-state index in [9.17, 15) is 9.59 Å². The molecule has 1 amide bonds. The molecule has 0 bridgehead atoms. The van der Waals surface area contributed by atoms with Crippen molar-refractivity contribution in [2.75, 3.05) is 6.54 Å². The molecule has 0 saturated carbocycles. The van der Waals surface area contributed by atoms with Crippen molar-refractivity contribution in [2.24, 2.45) is 11.3 Å². The largest absolute Gasteiger partial charge is 0.355 e. The lowest BCUT2D eigenvalue weighted by atomic mass is 9.72. The summed E-state index contributed by atoms with van der Waals surface area (Å²) in [5.74, 6) is 1.04. The van der Waals surface area contributed by atoms with Gasteiger partial charge >= 0.3 is 0 Å². The standard InChI is InChI=1S/C19H25N5O2S/c1-11(25)20-7-8-23-16(26)15-13-6-5-12(19(2,3)4)9-14(13)27-17(15)24-10-21-22-18(23)24/h10,12H,5-9H2,1-4H3,(H,20,25). The molecule has 3 aromatic rings. The van der Waals surface area contributed by atoms with Crippen LogP contribution in [0.4, 0.5) is 0 Å². The molecule has 27 heavy (non-hydrogen) atoms. The summed E-state index contributed by atoms with van der Waals surface area (Å²) in [5, 5.41) is 11.7. The zero-order valence-electron chi connectivity index (χ0n) is 16.2. The fourth-order valence-electron chi connectivity index (χ4n) is 4.03. The molecule has 7 nitrogen and oxygen atoms in total. The number of aromatic nitrogens is 4. The molecule has 3 aromatic heterocycles. The maximum Gasteiger partial charge on any atom is 0.264 e. The van der Waals surface area contributed by atoms with Crippen LogP contribution >= 0.6 is 11.3 Å². The van der Waals surface area contributed by atoms with E-state index in [2.05, 4.69) is 36.3 Å². The number of amides is 1. The quantitative estimate of drug-likeness (QED) is 0.748. The number of hydrogen-bond donors (Lipinski definition) is 1. The van der Waals surface area contributed by atoms with Gasteiger partial charge in [0, 0.05) is 24.9 Å². The summed E-state index contributed by atoms with van der Waals surface area (Å²) in [5.41, 5.74) is 1.44. The van der Waals surface area contributed by atoms with Gasteiger partial charge in [0.2, 0.25) is 11.7 Å². The maximum atomic E-state index is 13.3. The minimum Gasteiger partial charge on any atom is -0.355 e. The highest BCUT2D eigenvalue weighted by atomic mass is 32.1. The van der Waals surface area contributed by atoms with E-state index in [1.54, 1.807) is 22.2 Å². The van der Waals surface area contributed by atoms with E-state index < -0.39 is 0 Å². The molecule has 0 aromatic carbocycles. The highest BCUT2D eigenvalue weighted by Crippen LogP contribution is 2.42. The van der Waals surface area contributed by atoms with E-state index in [0.717, 1.165) is 29.5 Å². The molecule has 0 aliphatic heterocycles. The van der Waals surface area contributed by atoms with Crippen molar-refractivity contribution in [3.05, 3.63) is 27.1 Å². The van der Waals surface area contributed by atoms with E-state index in [0.29, 0.717) is 24.8 Å². The van der Waals surface area contributed by atoms with Gasteiger partial charge in [-0.2, -0.15) is 0 Å². The van der Waals surface area contributed by atoms with Crippen molar-refractivity contribution in [1.82, 2.24) is 24.5 Å². The van der Waals surface area contributed by atoms with Crippen molar-refractivity contribution in [1.29, 1.82) is 0 Å². The van der Waals surface area contributed by atoms with E-state index in [1.807, 2.05) is 4.40 Å². The zero-order valence-corrected chi connectivity index (χ0v) is 17.0. The summed E-state index contributed by atoms with van der Waals surface area (Å²) in [4.78, 5) is 26.7. The fourth-order valence-corrected chi connectivity index (χ4v) is 5.41. The third-order valence-corrected chi connectivity index (χ3v) is 6.88. The Morgan fingerprint density at radius 2 is 2.19 bits per heavy atom. The number of fused-ring (bicyclic) bond motifs is 5. The number of nitrogens with zero attached hydrogens (tertiary/aromatic N) is 4. The Morgan fingerprint density at radius 1 is 1.41 bits per heavy atom. The van der Waals surface area contributed by atoms with Crippen molar-refractivity contribution in [3.8, 4) is 0 Å². The first-order valence-corrected chi connectivity index (χ1v) is 10.2. The van der Waals surface area contributed by atoms with Crippen LogP contribution < -0.4 is 10.9 Å². The molecule has 0 spiro atoms. The molecule has 0 radical (unpaired) electrons. The van der Waals surface area contributed by atoms with Gasteiger partial charge in [-0.1, -0.05) is 20.8 Å². The van der Waals surface area contributed by atoms with Gasteiger partial charge in [0.05, 0.1) is 5.39 Å². The monoisotopic (exact) mass is 387 g/mol. The van der Waals surface area contributed by atoms with Gasteiger partial charge in [-0.25, -0.2) is 0 Å². The van der Waals surface area contributed by atoms with E-state index in [1.165, 1.54) is 17.4 Å². The van der Waals surface area contributed by atoms with Crippen molar-refractivity contribution in [3.63, 3.8) is 0 Å². The first kappa shape index (κ1) is 18.2. The second-order valence-corrected chi connectivity index (χ2v) is 9.51. The first-order chi connectivity index (χ1) is 12.8. The molecule has 8 heteroatoms. The van der Waals surface area contributed by atoms with Crippen LogP contribution in [0.2, 0.25) is 0 Å². The van der Waals surface area contributed by atoms with Crippen LogP contribution in [-0.2, 0) is 24.2 Å². The highest BCUT2D eigenvalue weighted by molar-refractivity contribution is 7.18. The molecule has 1 aliphatic carbocycles. The molecule has 3 heterocycles. The molecule has 1 atom stereocenters. The summed E-state index contributed by atoms with van der Waals surface area (Å²) in [6.45, 7) is 9.13. The molecule has 1 aliphatic rings. The smallest absolute Gasteiger partial charge is 0.264 e. The normalized spacial score (nSPS) is 17.4. The summed E-state index contributed by atoms with van der Waals surface area (Å²) in [7, 11) is 0. The molecule has 144 valence electrons. The average molecular weight is 388 g/mol. The van der Waals surface area contributed by atoms with Gasteiger partial charge in [-0.3, -0.25) is 18.6 Å². The molecule has 1 N–H and O–H groups in total. The zero-order chi connectivity index (χ0) is 19.3. The van der Waals surface area contributed by atoms with Crippen LogP contribution in [-0.4, -0.2) is 31.6 Å². The number of carbonyl (C=O) groups is 1. The number of nitrogens with one attached hydrogen (secondary N) is 1. The Kier molecular flexibility index (Phi) is 4.33. The molecule has 0 fully saturated rings. The number of thiophene rings is 1. The first-order valence-electron chi connectivity index (χ1n) is 9.38. The van der Waals surface area contributed by atoms with Crippen molar-refractivity contribution < 1.29 is 4.79 Å². The average Bonchev–Trinajstić information content (AvgIpc) is 3.20. The number of aryl methyl sites for hydroxylation is 1. The van der Waals surface area contributed by atoms with Crippen molar-refractivity contribution in [2.45, 2.75) is 53.5 Å². The van der Waals surface area contributed by atoms with Crippen LogP contribution in [0.25, 0.3) is 16.0 Å². The third kappa shape index (κ3) is 3.05. The van der Waals surface area contributed by atoms with Crippen LogP contribution in [0.15, 0.2) is 11.1 Å². The molecule has 0 saturated heterocycles. The minimum absolute atomic E-state index is 0.0254. The Balaban J connectivity index is 1.85. The lowest BCUT2D eigenvalue weighted by Gasteiger charge is -2.33. The Bertz CT molecular complexity index is 1090. The number of rotatable bonds is 3.